The number of rotatable bonds is 6. The number of carbonyl (C=O) groups is 1. The molecule has 166 valence electrons. The molecule has 0 aliphatic heterocycles. The van der Waals surface area contributed by atoms with Crippen molar-refractivity contribution in [1.29, 1.82) is 0 Å². The van der Waals surface area contributed by atoms with E-state index in [1.165, 1.54) is 32.4 Å². The van der Waals surface area contributed by atoms with Gasteiger partial charge in [-0.15, -0.1) is 0 Å². The van der Waals surface area contributed by atoms with Crippen LogP contribution in [-0.2, 0) is 0 Å². The molecule has 0 radical (unpaired) electrons. The molecule has 0 saturated heterocycles. The predicted molar refractivity (Wildman–Crippen MR) is 130 cm³/mol. The summed E-state index contributed by atoms with van der Waals surface area (Å²) >= 11 is 17.8. The highest BCUT2D eigenvalue weighted by Gasteiger charge is 2.14. The Morgan fingerprint density at radius 2 is 1.59 bits per heavy atom. The third-order valence-electron chi connectivity index (χ3n) is 4.32. The summed E-state index contributed by atoms with van der Waals surface area (Å²) in [7, 11) is 3.02. The zero-order valence-electron chi connectivity index (χ0n) is 17.0. The lowest BCUT2D eigenvalue weighted by Crippen LogP contribution is -2.19. The van der Waals surface area contributed by atoms with E-state index in [9.17, 15) is 9.18 Å². The van der Waals surface area contributed by atoms with Gasteiger partial charge in [-0.1, -0.05) is 35.3 Å². The second-order valence-electron chi connectivity index (χ2n) is 6.39. The summed E-state index contributed by atoms with van der Waals surface area (Å²) < 4.78 is 24.3. The first-order valence-corrected chi connectivity index (χ1v) is 10.3. The van der Waals surface area contributed by atoms with Gasteiger partial charge >= 0.3 is 0 Å². The first kappa shape index (κ1) is 23.6. The van der Waals surface area contributed by atoms with Crippen LogP contribution in [-0.4, -0.2) is 25.2 Å². The maximum absolute atomic E-state index is 13.8. The molecule has 0 bridgehead atoms. The number of methoxy groups -OCH3 is 2. The van der Waals surface area contributed by atoms with Gasteiger partial charge in [0.05, 0.1) is 41.2 Å². The number of nitrogens with one attached hydrogen (secondary N) is 3. The molecule has 0 unspecified atom stereocenters. The van der Waals surface area contributed by atoms with Gasteiger partial charge in [0.15, 0.2) is 5.11 Å². The minimum absolute atomic E-state index is 0.0803. The summed E-state index contributed by atoms with van der Waals surface area (Å²) in [4.78, 5) is 12.3. The van der Waals surface area contributed by atoms with Crippen LogP contribution < -0.4 is 25.4 Å². The molecule has 0 fully saturated rings. The third kappa shape index (κ3) is 5.59. The fraction of sp³-hybridized carbons (Fsp3) is 0.0909. The van der Waals surface area contributed by atoms with E-state index in [-0.39, 0.29) is 15.7 Å². The Balaban J connectivity index is 1.69. The minimum Gasteiger partial charge on any atom is -0.495 e. The number of benzene rings is 3. The predicted octanol–water partition coefficient (Wildman–Crippen LogP) is 6.21. The number of anilines is 3. The normalized spacial score (nSPS) is 10.3. The molecular formula is C22H18Cl2FN3O3S. The Bertz CT molecular complexity index is 1180. The molecule has 32 heavy (non-hydrogen) atoms. The van der Waals surface area contributed by atoms with E-state index in [0.29, 0.717) is 33.6 Å². The van der Waals surface area contributed by atoms with Gasteiger partial charge < -0.3 is 25.4 Å². The lowest BCUT2D eigenvalue weighted by molar-refractivity contribution is 0.102. The van der Waals surface area contributed by atoms with Crippen molar-refractivity contribution in [3.8, 4) is 11.5 Å². The number of ether oxygens (including phenoxy) is 2. The van der Waals surface area contributed by atoms with Crippen LogP contribution in [0.15, 0.2) is 54.6 Å². The molecule has 0 spiro atoms. The van der Waals surface area contributed by atoms with Crippen molar-refractivity contribution in [1.82, 2.24) is 0 Å². The van der Waals surface area contributed by atoms with E-state index in [4.69, 9.17) is 44.9 Å². The summed E-state index contributed by atoms with van der Waals surface area (Å²) in [6.07, 6.45) is 0. The zero-order chi connectivity index (χ0) is 23.3. The molecule has 3 aromatic carbocycles. The topological polar surface area (TPSA) is 71.6 Å². The summed E-state index contributed by atoms with van der Waals surface area (Å²) in [5.74, 6) is -0.274. The van der Waals surface area contributed by atoms with Gasteiger partial charge in [0.25, 0.3) is 5.91 Å². The van der Waals surface area contributed by atoms with Gasteiger partial charge in [-0.25, -0.2) is 4.39 Å². The van der Waals surface area contributed by atoms with Gasteiger partial charge in [-0.2, -0.15) is 0 Å². The highest BCUT2D eigenvalue weighted by atomic mass is 35.5. The lowest BCUT2D eigenvalue weighted by atomic mass is 10.2. The lowest BCUT2D eigenvalue weighted by Gasteiger charge is -2.16. The fourth-order valence-electron chi connectivity index (χ4n) is 2.77. The van der Waals surface area contributed by atoms with Gasteiger partial charge in [0.1, 0.15) is 17.3 Å². The second kappa shape index (κ2) is 10.5. The number of halogens is 3. The molecule has 0 atom stereocenters. The first-order chi connectivity index (χ1) is 15.3. The van der Waals surface area contributed by atoms with E-state index in [2.05, 4.69) is 16.0 Å². The highest BCUT2D eigenvalue weighted by molar-refractivity contribution is 7.80. The standard InChI is InChI=1S/C22H18Cl2FN3O3S/c1-30-19-11-20(31-2)18(10-15(19)24)28-22(32)26-12-7-8-17(14(23)9-12)27-21(29)13-5-3-4-6-16(13)25/h3-11H,1-2H3,(H,27,29)(H2,26,28,32). The fourth-order valence-corrected chi connectivity index (χ4v) is 3.47. The zero-order valence-corrected chi connectivity index (χ0v) is 19.3. The second-order valence-corrected chi connectivity index (χ2v) is 7.62. The van der Waals surface area contributed by atoms with Crippen molar-refractivity contribution in [3.05, 3.63) is 76.0 Å². The first-order valence-electron chi connectivity index (χ1n) is 9.17. The maximum atomic E-state index is 13.8. The van der Waals surface area contributed by atoms with Gasteiger partial charge in [-0.3, -0.25) is 4.79 Å². The molecule has 0 aliphatic rings. The number of thiocarbonyl (C=S) groups is 1. The molecule has 6 nitrogen and oxygen atoms in total. The smallest absolute Gasteiger partial charge is 0.258 e. The quantitative estimate of drug-likeness (QED) is 0.354. The minimum atomic E-state index is -0.620. The number of hydrogen-bond donors (Lipinski definition) is 3. The summed E-state index contributed by atoms with van der Waals surface area (Å²) in [5, 5.41) is 9.45. The van der Waals surface area contributed by atoms with E-state index in [1.807, 2.05) is 0 Å². The third-order valence-corrected chi connectivity index (χ3v) is 5.13. The average molecular weight is 494 g/mol. The number of carbonyl (C=O) groups excluding carboxylic acids is 1. The van der Waals surface area contributed by atoms with Crippen LogP contribution in [0.3, 0.4) is 0 Å². The van der Waals surface area contributed by atoms with Crippen molar-refractivity contribution in [2.45, 2.75) is 0 Å². The molecule has 0 aromatic heterocycles. The monoisotopic (exact) mass is 493 g/mol. The number of amides is 1. The molecular weight excluding hydrogens is 476 g/mol. The van der Waals surface area contributed by atoms with E-state index in [1.54, 1.807) is 36.4 Å². The van der Waals surface area contributed by atoms with Crippen molar-refractivity contribution >= 4 is 63.5 Å². The Hall–Kier alpha value is -3.07. The summed E-state index contributed by atoms with van der Waals surface area (Å²) in [6.45, 7) is 0. The van der Waals surface area contributed by atoms with Crippen molar-refractivity contribution in [2.24, 2.45) is 0 Å². The Kier molecular flexibility index (Phi) is 7.74. The van der Waals surface area contributed by atoms with Gasteiger partial charge in [-0.05, 0) is 48.6 Å². The van der Waals surface area contributed by atoms with Crippen LogP contribution in [0.5, 0.6) is 11.5 Å². The molecule has 3 aromatic rings. The largest absolute Gasteiger partial charge is 0.495 e. The van der Waals surface area contributed by atoms with Crippen molar-refractivity contribution in [2.75, 3.05) is 30.2 Å². The maximum Gasteiger partial charge on any atom is 0.258 e. The van der Waals surface area contributed by atoms with E-state index in [0.717, 1.165) is 0 Å². The Morgan fingerprint density at radius 3 is 2.25 bits per heavy atom. The Labute approximate surface area is 199 Å². The van der Waals surface area contributed by atoms with Crippen LogP contribution in [0.4, 0.5) is 21.5 Å². The molecule has 0 aliphatic carbocycles. The van der Waals surface area contributed by atoms with Crippen LogP contribution in [0.1, 0.15) is 10.4 Å². The molecule has 1 amide bonds. The van der Waals surface area contributed by atoms with Crippen molar-refractivity contribution in [3.63, 3.8) is 0 Å². The van der Waals surface area contributed by atoms with Gasteiger partial charge in [0.2, 0.25) is 0 Å². The van der Waals surface area contributed by atoms with Crippen molar-refractivity contribution < 1.29 is 18.7 Å². The molecule has 10 heteroatoms. The van der Waals surface area contributed by atoms with E-state index >= 15 is 0 Å². The SMILES string of the molecule is COc1cc(OC)c(NC(=S)Nc2ccc(NC(=O)c3ccccc3F)c(Cl)c2)cc1Cl. The molecule has 3 rings (SSSR count). The average Bonchev–Trinajstić information content (AvgIpc) is 2.76. The van der Waals surface area contributed by atoms with Gasteiger partial charge in [0, 0.05) is 11.8 Å². The van der Waals surface area contributed by atoms with Crippen LogP contribution >= 0.6 is 35.4 Å². The molecule has 3 N–H and O–H groups in total. The molecule has 0 heterocycles. The van der Waals surface area contributed by atoms with Crippen LogP contribution in [0.2, 0.25) is 10.0 Å². The van der Waals surface area contributed by atoms with Crippen LogP contribution in [0.25, 0.3) is 0 Å². The highest BCUT2D eigenvalue weighted by Crippen LogP contribution is 2.36. The summed E-state index contributed by atoms with van der Waals surface area (Å²) in [5.41, 5.74) is 1.35. The Morgan fingerprint density at radius 1 is 0.875 bits per heavy atom. The molecule has 0 saturated carbocycles. The summed E-state index contributed by atoms with van der Waals surface area (Å²) in [6, 6.07) is 13.8. The number of hydrogen-bond acceptors (Lipinski definition) is 4. The van der Waals surface area contributed by atoms with E-state index < -0.39 is 11.7 Å². The van der Waals surface area contributed by atoms with Crippen LogP contribution in [0, 0.1) is 5.82 Å².